The van der Waals surface area contributed by atoms with Crippen molar-refractivity contribution in [2.75, 3.05) is 20.7 Å². The molecular formula is C14H20N2O3S. The van der Waals surface area contributed by atoms with Crippen molar-refractivity contribution in [3.8, 4) is 11.8 Å². The molecule has 20 heavy (non-hydrogen) atoms. The number of hydrogen-bond acceptors (Lipinski definition) is 4. The molecule has 0 N–H and O–H groups in total. The van der Waals surface area contributed by atoms with Gasteiger partial charge in [-0.1, -0.05) is 13.8 Å². The van der Waals surface area contributed by atoms with Crippen molar-refractivity contribution < 1.29 is 13.2 Å². The number of ether oxygens (including phenoxy) is 1. The lowest BCUT2D eigenvalue weighted by Gasteiger charge is -2.19. The van der Waals surface area contributed by atoms with E-state index in [-0.39, 0.29) is 17.4 Å². The predicted octanol–water partition coefficient (Wildman–Crippen LogP) is 2.27. The summed E-state index contributed by atoms with van der Waals surface area (Å²) in [6, 6.07) is 5.21. The van der Waals surface area contributed by atoms with E-state index in [4.69, 9.17) is 10.00 Å². The van der Waals surface area contributed by atoms with E-state index >= 15 is 0 Å². The molecule has 0 spiro atoms. The van der Waals surface area contributed by atoms with E-state index in [9.17, 15) is 8.42 Å². The predicted molar refractivity (Wildman–Crippen MR) is 77.2 cm³/mol. The number of rotatable bonds is 5. The molecule has 1 aromatic carbocycles. The third kappa shape index (κ3) is 3.11. The quantitative estimate of drug-likeness (QED) is 0.782. The van der Waals surface area contributed by atoms with Gasteiger partial charge >= 0.3 is 0 Å². The number of nitrogens with zero attached hydrogens (tertiary/aromatic N) is 2. The van der Waals surface area contributed by atoms with Crippen molar-refractivity contribution in [1.82, 2.24) is 4.31 Å². The standard InChI is InChI=1S/C14H20N2O3S/c1-10(2)12-9-14(11(3)8-13(12)19-5)20(17,18)16(4)7-6-15/h8-10H,7H2,1-5H3. The van der Waals surface area contributed by atoms with Gasteiger partial charge in [0.25, 0.3) is 0 Å². The zero-order valence-electron chi connectivity index (χ0n) is 12.5. The van der Waals surface area contributed by atoms with Crippen molar-refractivity contribution in [2.45, 2.75) is 31.6 Å². The van der Waals surface area contributed by atoms with Crippen LogP contribution in [0.3, 0.4) is 0 Å². The second-order valence-electron chi connectivity index (χ2n) is 4.93. The summed E-state index contributed by atoms with van der Waals surface area (Å²) < 4.78 is 31.3. The Labute approximate surface area is 120 Å². The third-order valence-corrected chi connectivity index (χ3v) is 5.08. The Hall–Kier alpha value is -1.58. The molecule has 0 radical (unpaired) electrons. The summed E-state index contributed by atoms with van der Waals surface area (Å²) in [5.41, 5.74) is 1.44. The van der Waals surface area contributed by atoms with Crippen molar-refractivity contribution in [2.24, 2.45) is 0 Å². The van der Waals surface area contributed by atoms with E-state index in [1.807, 2.05) is 19.9 Å². The average molecular weight is 296 g/mol. The zero-order chi connectivity index (χ0) is 15.5. The summed E-state index contributed by atoms with van der Waals surface area (Å²) in [4.78, 5) is 0.222. The smallest absolute Gasteiger partial charge is 0.244 e. The molecule has 0 aliphatic rings. The second-order valence-corrected chi connectivity index (χ2v) is 6.95. The second kappa shape index (κ2) is 6.25. The van der Waals surface area contributed by atoms with Gasteiger partial charge in [0, 0.05) is 7.05 Å². The number of nitriles is 1. The van der Waals surface area contributed by atoms with Gasteiger partial charge in [-0.05, 0) is 36.1 Å². The molecule has 0 saturated carbocycles. The maximum atomic E-state index is 12.5. The Bertz CT molecular complexity index is 631. The highest BCUT2D eigenvalue weighted by molar-refractivity contribution is 7.89. The highest BCUT2D eigenvalue weighted by Crippen LogP contribution is 2.32. The summed E-state index contributed by atoms with van der Waals surface area (Å²) in [6.07, 6.45) is 0. The van der Waals surface area contributed by atoms with Crippen molar-refractivity contribution in [3.05, 3.63) is 23.3 Å². The molecule has 0 fully saturated rings. The van der Waals surface area contributed by atoms with Crippen LogP contribution in [0.2, 0.25) is 0 Å². The molecular weight excluding hydrogens is 276 g/mol. The van der Waals surface area contributed by atoms with Crippen LogP contribution >= 0.6 is 0 Å². The largest absolute Gasteiger partial charge is 0.496 e. The fourth-order valence-electron chi connectivity index (χ4n) is 1.94. The van der Waals surface area contributed by atoms with Crippen LogP contribution in [0.4, 0.5) is 0 Å². The summed E-state index contributed by atoms with van der Waals surface area (Å²) >= 11 is 0. The first kappa shape index (κ1) is 16.5. The first-order valence-electron chi connectivity index (χ1n) is 6.27. The minimum Gasteiger partial charge on any atom is -0.496 e. The van der Waals surface area contributed by atoms with Crippen molar-refractivity contribution in [1.29, 1.82) is 5.26 Å². The lowest BCUT2D eigenvalue weighted by atomic mass is 10.0. The number of aryl methyl sites for hydroxylation is 1. The average Bonchev–Trinajstić information content (AvgIpc) is 2.37. The molecule has 1 rings (SSSR count). The molecule has 6 heteroatoms. The summed E-state index contributed by atoms with van der Waals surface area (Å²) in [6.45, 7) is 5.50. The van der Waals surface area contributed by atoms with Crippen LogP contribution in [0.5, 0.6) is 5.75 Å². The molecule has 0 amide bonds. The van der Waals surface area contributed by atoms with Gasteiger partial charge in [-0.3, -0.25) is 0 Å². The number of hydrogen-bond donors (Lipinski definition) is 0. The normalized spacial score (nSPS) is 11.7. The Kier molecular flexibility index (Phi) is 5.15. The minimum atomic E-state index is -3.66. The monoisotopic (exact) mass is 296 g/mol. The molecule has 0 aliphatic heterocycles. The van der Waals surface area contributed by atoms with Crippen LogP contribution in [0.25, 0.3) is 0 Å². The third-order valence-electron chi connectivity index (χ3n) is 3.13. The minimum absolute atomic E-state index is 0.140. The van der Waals surface area contributed by atoms with Gasteiger partial charge in [0.2, 0.25) is 10.0 Å². The molecule has 1 aromatic rings. The van der Waals surface area contributed by atoms with E-state index in [1.54, 1.807) is 26.2 Å². The van der Waals surface area contributed by atoms with Crippen LogP contribution in [0.15, 0.2) is 17.0 Å². The van der Waals surface area contributed by atoms with E-state index in [2.05, 4.69) is 0 Å². The van der Waals surface area contributed by atoms with Gasteiger partial charge in [-0.25, -0.2) is 8.42 Å². The zero-order valence-corrected chi connectivity index (χ0v) is 13.3. The van der Waals surface area contributed by atoms with Gasteiger partial charge in [0.05, 0.1) is 18.1 Å². The Morgan fingerprint density at radius 3 is 2.45 bits per heavy atom. The summed E-state index contributed by atoms with van der Waals surface area (Å²) in [7, 11) is -0.691. The van der Waals surface area contributed by atoms with Gasteiger partial charge in [0.1, 0.15) is 12.3 Å². The molecule has 5 nitrogen and oxygen atoms in total. The first-order valence-corrected chi connectivity index (χ1v) is 7.71. The first-order chi connectivity index (χ1) is 9.25. The van der Waals surface area contributed by atoms with Crippen LogP contribution in [0.1, 0.15) is 30.9 Å². The lowest BCUT2D eigenvalue weighted by Crippen LogP contribution is -2.28. The van der Waals surface area contributed by atoms with Gasteiger partial charge in [-0.15, -0.1) is 0 Å². The van der Waals surface area contributed by atoms with Crippen LogP contribution in [-0.4, -0.2) is 33.4 Å². The molecule has 0 heterocycles. The van der Waals surface area contributed by atoms with E-state index in [0.29, 0.717) is 11.3 Å². The Morgan fingerprint density at radius 1 is 1.40 bits per heavy atom. The molecule has 0 aromatic heterocycles. The van der Waals surface area contributed by atoms with E-state index < -0.39 is 10.0 Å². The fourth-order valence-corrected chi connectivity index (χ4v) is 3.24. The number of sulfonamides is 1. The van der Waals surface area contributed by atoms with Gasteiger partial charge in [0.15, 0.2) is 0 Å². The molecule has 0 atom stereocenters. The van der Waals surface area contributed by atoms with E-state index in [1.165, 1.54) is 7.05 Å². The van der Waals surface area contributed by atoms with Gasteiger partial charge < -0.3 is 4.74 Å². The summed E-state index contributed by atoms with van der Waals surface area (Å²) in [5, 5.41) is 8.67. The van der Waals surface area contributed by atoms with Crippen molar-refractivity contribution >= 4 is 10.0 Å². The summed E-state index contributed by atoms with van der Waals surface area (Å²) in [5.74, 6) is 0.820. The number of methoxy groups -OCH3 is 1. The fraction of sp³-hybridized carbons (Fsp3) is 0.500. The van der Waals surface area contributed by atoms with Crippen molar-refractivity contribution in [3.63, 3.8) is 0 Å². The molecule has 0 unspecified atom stereocenters. The lowest BCUT2D eigenvalue weighted by molar-refractivity contribution is 0.406. The molecule has 0 aliphatic carbocycles. The molecule has 0 saturated heterocycles. The van der Waals surface area contributed by atoms with Gasteiger partial charge in [-0.2, -0.15) is 9.57 Å². The molecule has 0 bridgehead atoms. The Morgan fingerprint density at radius 2 is 2.00 bits per heavy atom. The SMILES string of the molecule is COc1cc(C)c(S(=O)(=O)N(C)CC#N)cc1C(C)C. The highest BCUT2D eigenvalue weighted by atomic mass is 32.2. The maximum Gasteiger partial charge on any atom is 0.244 e. The van der Waals surface area contributed by atoms with Crippen LogP contribution < -0.4 is 4.74 Å². The van der Waals surface area contributed by atoms with Crippen LogP contribution in [0, 0.1) is 18.3 Å². The number of benzene rings is 1. The topological polar surface area (TPSA) is 70.4 Å². The maximum absolute atomic E-state index is 12.5. The van der Waals surface area contributed by atoms with Crippen LogP contribution in [-0.2, 0) is 10.0 Å². The van der Waals surface area contributed by atoms with E-state index in [0.717, 1.165) is 9.87 Å². The highest BCUT2D eigenvalue weighted by Gasteiger charge is 2.24. The Balaban J connectivity index is 3.47. The molecule has 110 valence electrons.